The second-order valence-corrected chi connectivity index (χ2v) is 6.26. The topological polar surface area (TPSA) is 87.7 Å². The van der Waals surface area contributed by atoms with Crippen LogP contribution in [0.1, 0.15) is 12.8 Å². The molecule has 1 heterocycles. The molecule has 0 unspecified atom stereocenters. The number of nitrogens with one attached hydrogen (secondary N) is 2. The van der Waals surface area contributed by atoms with E-state index in [9.17, 15) is 14.7 Å². The quantitative estimate of drug-likeness (QED) is 0.673. The summed E-state index contributed by atoms with van der Waals surface area (Å²) in [5.74, 6) is -0.889. The van der Waals surface area contributed by atoms with Gasteiger partial charge in [-0.25, -0.2) is 4.79 Å². The summed E-state index contributed by atoms with van der Waals surface area (Å²) in [6.45, 7) is 0.917. The van der Waals surface area contributed by atoms with E-state index in [0.29, 0.717) is 31.7 Å². The van der Waals surface area contributed by atoms with Gasteiger partial charge in [-0.2, -0.15) is 0 Å². The lowest BCUT2D eigenvalue weighted by atomic mass is 9.80. The van der Waals surface area contributed by atoms with Crippen LogP contribution in [0.15, 0.2) is 24.3 Å². The first-order valence-corrected chi connectivity index (χ1v) is 7.71. The van der Waals surface area contributed by atoms with Gasteiger partial charge in [-0.1, -0.05) is 6.07 Å². The van der Waals surface area contributed by atoms with E-state index in [2.05, 4.69) is 33.2 Å². The Hall–Kier alpha value is -1.35. The largest absolute Gasteiger partial charge is 0.481 e. The molecule has 0 saturated carbocycles. The smallest absolute Gasteiger partial charge is 0.319 e. The minimum absolute atomic E-state index is 0.0987. The van der Waals surface area contributed by atoms with Gasteiger partial charge in [0.2, 0.25) is 0 Å². The van der Waals surface area contributed by atoms with Crippen LogP contribution in [0.3, 0.4) is 0 Å². The third-order valence-corrected chi connectivity index (χ3v) is 4.24. The molecule has 21 heavy (non-hydrogen) atoms. The summed E-state index contributed by atoms with van der Waals surface area (Å²) in [5, 5.41) is 14.8. The fourth-order valence-corrected chi connectivity index (χ4v) is 2.76. The van der Waals surface area contributed by atoms with E-state index in [1.165, 1.54) is 0 Å². The lowest BCUT2D eigenvalue weighted by Gasteiger charge is -2.33. The zero-order valence-corrected chi connectivity index (χ0v) is 13.6. The zero-order chi connectivity index (χ0) is 15.3. The summed E-state index contributed by atoms with van der Waals surface area (Å²) < 4.78 is 6.21. The molecule has 2 amide bonds. The van der Waals surface area contributed by atoms with Crippen molar-refractivity contribution >= 4 is 40.3 Å². The van der Waals surface area contributed by atoms with Gasteiger partial charge in [-0.3, -0.25) is 4.79 Å². The fourth-order valence-electron chi connectivity index (χ4n) is 2.22. The predicted molar refractivity (Wildman–Crippen MR) is 86.3 cm³/mol. The van der Waals surface area contributed by atoms with Crippen LogP contribution in [0.25, 0.3) is 0 Å². The molecule has 2 rings (SSSR count). The van der Waals surface area contributed by atoms with Crippen LogP contribution < -0.4 is 10.6 Å². The summed E-state index contributed by atoms with van der Waals surface area (Å²) in [7, 11) is 0. The molecular weight excluding hydrogens is 387 g/mol. The maximum atomic E-state index is 11.9. The minimum atomic E-state index is -0.930. The van der Waals surface area contributed by atoms with Gasteiger partial charge in [-0.15, -0.1) is 0 Å². The Labute approximate surface area is 136 Å². The number of aliphatic carboxylic acids is 1. The predicted octanol–water partition coefficient (Wildman–Crippen LogP) is 2.29. The van der Waals surface area contributed by atoms with Crippen molar-refractivity contribution in [3.63, 3.8) is 0 Å². The van der Waals surface area contributed by atoms with Gasteiger partial charge in [0.05, 0.1) is 5.41 Å². The number of benzene rings is 1. The Bertz CT molecular complexity index is 529. The van der Waals surface area contributed by atoms with E-state index in [0.717, 1.165) is 3.57 Å². The molecule has 0 aromatic heterocycles. The number of anilines is 1. The number of halogens is 1. The lowest BCUT2D eigenvalue weighted by molar-refractivity contribution is -0.154. The second kappa shape index (κ2) is 7.08. The second-order valence-electron chi connectivity index (χ2n) is 5.02. The Morgan fingerprint density at radius 2 is 2.05 bits per heavy atom. The number of rotatable bonds is 4. The van der Waals surface area contributed by atoms with E-state index in [1.807, 2.05) is 18.2 Å². The first kappa shape index (κ1) is 16.0. The zero-order valence-electron chi connectivity index (χ0n) is 11.4. The Balaban J connectivity index is 1.91. The van der Waals surface area contributed by atoms with E-state index in [4.69, 9.17) is 4.74 Å². The molecule has 1 aromatic rings. The number of hydrogen-bond donors (Lipinski definition) is 3. The molecular formula is C14H17IN2O4. The van der Waals surface area contributed by atoms with Gasteiger partial charge in [0.15, 0.2) is 0 Å². The van der Waals surface area contributed by atoms with Crippen LogP contribution in [-0.2, 0) is 9.53 Å². The van der Waals surface area contributed by atoms with E-state index in [1.54, 1.807) is 6.07 Å². The van der Waals surface area contributed by atoms with E-state index < -0.39 is 17.4 Å². The van der Waals surface area contributed by atoms with Crippen molar-refractivity contribution in [3.05, 3.63) is 27.8 Å². The number of carbonyl (C=O) groups is 2. The SMILES string of the molecule is O=C(NCC1(C(=O)O)CCOCC1)Nc1cccc(I)c1. The summed E-state index contributed by atoms with van der Waals surface area (Å²) in [4.78, 5) is 23.3. The Kier molecular flexibility index (Phi) is 5.40. The number of urea groups is 1. The summed E-state index contributed by atoms with van der Waals surface area (Å²) >= 11 is 2.16. The van der Waals surface area contributed by atoms with Crippen LogP contribution in [0.5, 0.6) is 0 Å². The highest BCUT2D eigenvalue weighted by molar-refractivity contribution is 14.1. The molecule has 1 fully saturated rings. The Morgan fingerprint density at radius 1 is 1.33 bits per heavy atom. The number of hydrogen-bond acceptors (Lipinski definition) is 3. The number of ether oxygens (including phenoxy) is 1. The normalized spacial score (nSPS) is 17.0. The first-order valence-electron chi connectivity index (χ1n) is 6.63. The van der Waals surface area contributed by atoms with Crippen molar-refractivity contribution in [1.29, 1.82) is 0 Å². The number of carboxylic acid groups (broad SMARTS) is 1. The molecule has 1 saturated heterocycles. The van der Waals surface area contributed by atoms with Crippen LogP contribution in [-0.4, -0.2) is 36.9 Å². The fraction of sp³-hybridized carbons (Fsp3) is 0.429. The third kappa shape index (κ3) is 4.31. The van der Waals surface area contributed by atoms with Crippen molar-refractivity contribution in [2.45, 2.75) is 12.8 Å². The average Bonchev–Trinajstić information content (AvgIpc) is 2.46. The summed E-state index contributed by atoms with van der Waals surface area (Å²) in [6.07, 6.45) is 0.817. The number of amides is 2. The molecule has 6 nitrogen and oxygen atoms in total. The Morgan fingerprint density at radius 3 is 2.67 bits per heavy atom. The average molecular weight is 404 g/mol. The van der Waals surface area contributed by atoms with Crippen molar-refractivity contribution in [2.75, 3.05) is 25.1 Å². The van der Waals surface area contributed by atoms with Gasteiger partial charge in [-0.05, 0) is 53.6 Å². The highest BCUT2D eigenvalue weighted by Gasteiger charge is 2.40. The molecule has 0 atom stereocenters. The molecule has 0 aliphatic carbocycles. The van der Waals surface area contributed by atoms with Gasteiger partial charge in [0.1, 0.15) is 0 Å². The van der Waals surface area contributed by atoms with E-state index in [-0.39, 0.29) is 6.54 Å². The number of carboxylic acids is 1. The lowest BCUT2D eigenvalue weighted by Crippen LogP contribution is -2.47. The number of carbonyl (C=O) groups excluding carboxylic acids is 1. The van der Waals surface area contributed by atoms with Crippen molar-refractivity contribution in [1.82, 2.24) is 5.32 Å². The van der Waals surface area contributed by atoms with Gasteiger partial charge in [0.25, 0.3) is 0 Å². The summed E-state index contributed by atoms with van der Waals surface area (Å²) in [6, 6.07) is 6.98. The van der Waals surface area contributed by atoms with Gasteiger partial charge >= 0.3 is 12.0 Å². The molecule has 0 radical (unpaired) electrons. The molecule has 0 spiro atoms. The standard InChI is InChI=1S/C14H17IN2O4/c15-10-2-1-3-11(8-10)17-13(20)16-9-14(12(18)19)4-6-21-7-5-14/h1-3,8H,4-7,9H2,(H,18,19)(H2,16,17,20). The van der Waals surface area contributed by atoms with Crippen molar-refractivity contribution in [3.8, 4) is 0 Å². The minimum Gasteiger partial charge on any atom is -0.481 e. The molecule has 1 aromatic carbocycles. The van der Waals surface area contributed by atoms with Crippen molar-refractivity contribution in [2.24, 2.45) is 5.41 Å². The molecule has 3 N–H and O–H groups in total. The molecule has 0 bridgehead atoms. The highest BCUT2D eigenvalue weighted by Crippen LogP contribution is 2.30. The van der Waals surface area contributed by atoms with E-state index >= 15 is 0 Å². The maximum Gasteiger partial charge on any atom is 0.319 e. The molecule has 1 aliphatic rings. The van der Waals surface area contributed by atoms with Crippen LogP contribution >= 0.6 is 22.6 Å². The van der Waals surface area contributed by atoms with Crippen LogP contribution in [0, 0.1) is 8.99 Å². The first-order chi connectivity index (χ1) is 10.0. The molecule has 7 heteroatoms. The molecule has 114 valence electrons. The van der Waals surface area contributed by atoms with Gasteiger partial charge < -0.3 is 20.5 Å². The monoisotopic (exact) mass is 404 g/mol. The van der Waals surface area contributed by atoms with Crippen LogP contribution in [0.4, 0.5) is 10.5 Å². The maximum absolute atomic E-state index is 11.9. The van der Waals surface area contributed by atoms with Crippen molar-refractivity contribution < 1.29 is 19.4 Å². The highest BCUT2D eigenvalue weighted by atomic mass is 127. The third-order valence-electron chi connectivity index (χ3n) is 3.57. The van der Waals surface area contributed by atoms with Crippen LogP contribution in [0.2, 0.25) is 0 Å². The van der Waals surface area contributed by atoms with Gasteiger partial charge in [0, 0.05) is 29.0 Å². The summed E-state index contributed by atoms with van der Waals surface area (Å²) in [5.41, 5.74) is -0.253. The molecule has 1 aliphatic heterocycles.